The molecule has 110 valence electrons. The molecular weight excluding hydrogens is 258 g/mol. The highest BCUT2D eigenvalue weighted by Gasteiger charge is 2.26. The van der Waals surface area contributed by atoms with Crippen molar-refractivity contribution in [3.8, 4) is 6.07 Å². The molecule has 3 heteroatoms. The van der Waals surface area contributed by atoms with Crippen LogP contribution in [0.2, 0.25) is 0 Å². The second-order valence-electron chi connectivity index (χ2n) is 6.25. The zero-order valence-corrected chi connectivity index (χ0v) is 12.8. The molecule has 0 radical (unpaired) electrons. The lowest BCUT2D eigenvalue weighted by Crippen LogP contribution is -2.15. The molecule has 0 aliphatic heterocycles. The maximum atomic E-state index is 9.26. The van der Waals surface area contributed by atoms with Gasteiger partial charge in [0.25, 0.3) is 0 Å². The van der Waals surface area contributed by atoms with Crippen molar-refractivity contribution in [3.05, 3.63) is 35.9 Å². The summed E-state index contributed by atoms with van der Waals surface area (Å²) in [6.45, 7) is 2.27. The van der Waals surface area contributed by atoms with E-state index in [4.69, 9.17) is 0 Å². The lowest BCUT2D eigenvalue weighted by molar-refractivity contribution is 0.298. The molecular formula is C18H23N3. The summed E-state index contributed by atoms with van der Waals surface area (Å²) in [5.74, 6) is 2.51. The first kappa shape index (κ1) is 14.1. The summed E-state index contributed by atoms with van der Waals surface area (Å²) in [7, 11) is 0. The minimum atomic E-state index is 0.514. The minimum absolute atomic E-state index is 0.514. The van der Waals surface area contributed by atoms with Gasteiger partial charge in [-0.05, 0) is 43.7 Å². The highest BCUT2D eigenvalue weighted by Crippen LogP contribution is 2.37. The second-order valence-corrected chi connectivity index (χ2v) is 6.25. The number of pyridine rings is 1. The Hall–Kier alpha value is -1.82. The van der Waals surface area contributed by atoms with Gasteiger partial charge in [-0.1, -0.05) is 32.3 Å². The van der Waals surface area contributed by atoms with Crippen LogP contribution in [0.4, 0.5) is 0 Å². The fraction of sp³-hybridized carbons (Fsp3) is 0.556. The fourth-order valence-electron chi connectivity index (χ4n) is 3.63. The predicted molar refractivity (Wildman–Crippen MR) is 84.1 cm³/mol. The average Bonchev–Trinajstić information content (AvgIpc) is 2.92. The summed E-state index contributed by atoms with van der Waals surface area (Å²) in [5, 5.41) is 9.26. The number of hydrogen-bond acceptors (Lipinski definition) is 2. The van der Waals surface area contributed by atoms with Crippen molar-refractivity contribution in [2.45, 2.75) is 57.8 Å². The first-order chi connectivity index (χ1) is 10.3. The van der Waals surface area contributed by atoms with Crippen LogP contribution in [0.3, 0.4) is 0 Å². The lowest BCUT2D eigenvalue weighted by Gasteiger charge is -2.27. The number of nitrogens with zero attached hydrogens (tertiary/aromatic N) is 3. The van der Waals surface area contributed by atoms with Crippen LogP contribution in [0.5, 0.6) is 0 Å². The van der Waals surface area contributed by atoms with Gasteiger partial charge in [-0.2, -0.15) is 5.26 Å². The Kier molecular flexibility index (Phi) is 4.24. The largest absolute Gasteiger partial charge is 0.302 e. The molecule has 0 aromatic carbocycles. The van der Waals surface area contributed by atoms with Gasteiger partial charge in [0.15, 0.2) is 5.69 Å². The van der Waals surface area contributed by atoms with E-state index < -0.39 is 0 Å². The van der Waals surface area contributed by atoms with Gasteiger partial charge < -0.3 is 4.40 Å². The number of aromatic nitrogens is 2. The van der Waals surface area contributed by atoms with Crippen molar-refractivity contribution < 1.29 is 0 Å². The number of imidazole rings is 1. The van der Waals surface area contributed by atoms with Gasteiger partial charge in [-0.3, -0.25) is 0 Å². The van der Waals surface area contributed by atoms with Crippen LogP contribution in [-0.4, -0.2) is 9.38 Å². The minimum Gasteiger partial charge on any atom is -0.302 e. The van der Waals surface area contributed by atoms with Crippen molar-refractivity contribution in [3.63, 3.8) is 0 Å². The highest BCUT2D eigenvalue weighted by atomic mass is 15.0. The van der Waals surface area contributed by atoms with Crippen molar-refractivity contribution in [2.75, 3.05) is 0 Å². The molecule has 2 heterocycles. The van der Waals surface area contributed by atoms with Crippen molar-refractivity contribution in [2.24, 2.45) is 5.92 Å². The standard InChI is InChI=1S/C18H23N3/c1-2-3-6-14-8-10-15(11-9-14)18-20-16(13-19)17-7-4-5-12-21(17)18/h4-5,7,12,14-15H,2-3,6,8-11H2,1H3. The molecule has 0 spiro atoms. The SMILES string of the molecule is CCCCC1CCC(c2nc(C#N)c3ccccn23)CC1. The smallest absolute Gasteiger partial charge is 0.166 e. The molecule has 0 atom stereocenters. The first-order valence-electron chi connectivity index (χ1n) is 8.20. The van der Waals surface area contributed by atoms with Gasteiger partial charge in [0.2, 0.25) is 0 Å². The Labute approximate surface area is 126 Å². The van der Waals surface area contributed by atoms with Crippen LogP contribution in [0.25, 0.3) is 5.52 Å². The molecule has 3 nitrogen and oxygen atoms in total. The number of rotatable bonds is 4. The maximum Gasteiger partial charge on any atom is 0.166 e. The quantitative estimate of drug-likeness (QED) is 0.817. The zero-order valence-electron chi connectivity index (χ0n) is 12.8. The van der Waals surface area contributed by atoms with Crippen LogP contribution in [0, 0.1) is 17.2 Å². The third-order valence-corrected chi connectivity index (χ3v) is 4.86. The van der Waals surface area contributed by atoms with E-state index in [9.17, 15) is 5.26 Å². The van der Waals surface area contributed by atoms with Gasteiger partial charge in [-0.15, -0.1) is 0 Å². The van der Waals surface area contributed by atoms with E-state index in [1.807, 2.05) is 24.4 Å². The summed E-state index contributed by atoms with van der Waals surface area (Å²) in [6.07, 6.45) is 11.1. The summed E-state index contributed by atoms with van der Waals surface area (Å²) in [4.78, 5) is 4.62. The molecule has 1 fully saturated rings. The molecule has 0 N–H and O–H groups in total. The van der Waals surface area contributed by atoms with Crippen LogP contribution in [-0.2, 0) is 0 Å². The predicted octanol–water partition coefficient (Wildman–Crippen LogP) is 4.67. The molecule has 2 aromatic heterocycles. The summed E-state index contributed by atoms with van der Waals surface area (Å²) in [6, 6.07) is 8.22. The van der Waals surface area contributed by atoms with Crippen molar-refractivity contribution in [1.82, 2.24) is 9.38 Å². The van der Waals surface area contributed by atoms with Gasteiger partial charge in [0, 0.05) is 12.1 Å². The highest BCUT2D eigenvalue weighted by molar-refractivity contribution is 5.58. The Morgan fingerprint density at radius 1 is 1.29 bits per heavy atom. The molecule has 0 bridgehead atoms. The summed E-state index contributed by atoms with van der Waals surface area (Å²) >= 11 is 0. The Morgan fingerprint density at radius 2 is 2.10 bits per heavy atom. The lowest BCUT2D eigenvalue weighted by atomic mass is 9.79. The van der Waals surface area contributed by atoms with E-state index in [1.54, 1.807) is 0 Å². The molecule has 0 unspecified atom stereocenters. The fourth-order valence-corrected chi connectivity index (χ4v) is 3.63. The first-order valence-corrected chi connectivity index (χ1v) is 8.20. The van der Waals surface area contributed by atoms with Gasteiger partial charge >= 0.3 is 0 Å². The molecule has 2 aromatic rings. The molecule has 0 saturated heterocycles. The Morgan fingerprint density at radius 3 is 2.81 bits per heavy atom. The van der Waals surface area contributed by atoms with Crippen molar-refractivity contribution >= 4 is 5.52 Å². The topological polar surface area (TPSA) is 41.1 Å². The van der Waals surface area contributed by atoms with Gasteiger partial charge in [-0.25, -0.2) is 4.98 Å². The van der Waals surface area contributed by atoms with E-state index in [2.05, 4.69) is 22.4 Å². The number of fused-ring (bicyclic) bond motifs is 1. The van der Waals surface area contributed by atoms with E-state index in [1.165, 1.54) is 44.9 Å². The van der Waals surface area contributed by atoms with Crippen molar-refractivity contribution in [1.29, 1.82) is 5.26 Å². The van der Waals surface area contributed by atoms with E-state index in [-0.39, 0.29) is 0 Å². The molecule has 21 heavy (non-hydrogen) atoms. The van der Waals surface area contributed by atoms with Crippen LogP contribution >= 0.6 is 0 Å². The molecule has 1 aliphatic rings. The van der Waals surface area contributed by atoms with Crippen LogP contribution in [0.15, 0.2) is 24.4 Å². The van der Waals surface area contributed by atoms with Gasteiger partial charge in [0.1, 0.15) is 11.9 Å². The average molecular weight is 281 g/mol. The molecule has 3 rings (SSSR count). The summed E-state index contributed by atoms with van der Waals surface area (Å²) < 4.78 is 2.12. The monoisotopic (exact) mass is 281 g/mol. The molecule has 1 saturated carbocycles. The molecule has 1 aliphatic carbocycles. The Balaban J connectivity index is 1.78. The summed E-state index contributed by atoms with van der Waals surface area (Å²) in [5.41, 5.74) is 1.52. The third kappa shape index (κ3) is 2.81. The van der Waals surface area contributed by atoms with E-state index in [0.29, 0.717) is 11.6 Å². The van der Waals surface area contributed by atoms with Crippen LogP contribution in [0.1, 0.15) is 69.3 Å². The molecule has 0 amide bonds. The number of nitriles is 1. The maximum absolute atomic E-state index is 9.26. The number of unbranched alkanes of at least 4 members (excludes halogenated alkanes) is 1. The third-order valence-electron chi connectivity index (χ3n) is 4.86. The van der Waals surface area contributed by atoms with Gasteiger partial charge in [0.05, 0.1) is 5.52 Å². The normalized spacial score (nSPS) is 22.3. The second kappa shape index (κ2) is 6.30. The zero-order chi connectivity index (χ0) is 14.7. The van der Waals surface area contributed by atoms with E-state index in [0.717, 1.165) is 17.3 Å². The van der Waals surface area contributed by atoms with Crippen LogP contribution < -0.4 is 0 Å². The number of hydrogen-bond donors (Lipinski definition) is 0. The van der Waals surface area contributed by atoms with E-state index >= 15 is 0 Å². The Bertz CT molecular complexity index is 642.